The summed E-state index contributed by atoms with van der Waals surface area (Å²) in [5, 5.41) is 0. The maximum absolute atomic E-state index is 12.3. The number of benzene rings is 1. The Morgan fingerprint density at radius 3 is 2.40 bits per heavy atom. The third-order valence-corrected chi connectivity index (χ3v) is 4.76. The number of rotatable bonds is 9. The summed E-state index contributed by atoms with van der Waals surface area (Å²) in [5.74, 6) is -2.50. The topological polar surface area (TPSA) is 114 Å². The van der Waals surface area contributed by atoms with Crippen molar-refractivity contribution in [2.24, 2.45) is 23.5 Å². The highest BCUT2D eigenvalue weighted by Gasteiger charge is 2.59. The van der Waals surface area contributed by atoms with Crippen LogP contribution < -0.4 is 5.73 Å². The summed E-state index contributed by atoms with van der Waals surface area (Å²) in [7, 11) is 0. The number of hydrogen-bond acceptors (Lipinski definition) is 8. The molecule has 0 spiro atoms. The molecular formula is C22H31NO7. The van der Waals surface area contributed by atoms with E-state index < -0.39 is 41.6 Å². The van der Waals surface area contributed by atoms with Crippen molar-refractivity contribution < 1.29 is 33.3 Å². The number of ether oxygens (including phenoxy) is 4. The summed E-state index contributed by atoms with van der Waals surface area (Å²) in [6.45, 7) is 7.77. The van der Waals surface area contributed by atoms with Crippen molar-refractivity contribution in [1.29, 1.82) is 0 Å². The lowest BCUT2D eigenvalue weighted by Crippen LogP contribution is -2.38. The molecule has 8 heteroatoms. The third-order valence-electron chi connectivity index (χ3n) is 4.76. The fourth-order valence-electron chi connectivity index (χ4n) is 3.39. The first-order valence-corrected chi connectivity index (χ1v) is 10.1. The van der Waals surface area contributed by atoms with Crippen molar-refractivity contribution in [1.82, 2.24) is 0 Å². The second-order valence-corrected chi connectivity index (χ2v) is 8.26. The van der Waals surface area contributed by atoms with Crippen molar-refractivity contribution in [3.63, 3.8) is 0 Å². The van der Waals surface area contributed by atoms with Crippen molar-refractivity contribution in [3.8, 4) is 0 Å². The predicted octanol–water partition coefficient (Wildman–Crippen LogP) is 2.82. The van der Waals surface area contributed by atoms with E-state index in [4.69, 9.17) is 24.7 Å². The van der Waals surface area contributed by atoms with Gasteiger partial charge in [0.2, 0.25) is 0 Å². The smallest absolute Gasteiger partial charge is 0.466 e. The molecule has 1 fully saturated rings. The van der Waals surface area contributed by atoms with Gasteiger partial charge in [-0.1, -0.05) is 30.3 Å². The molecule has 4 unspecified atom stereocenters. The molecule has 0 aromatic heterocycles. The molecule has 30 heavy (non-hydrogen) atoms. The van der Waals surface area contributed by atoms with Crippen LogP contribution in [0.1, 0.15) is 39.7 Å². The fraction of sp³-hybridized carbons (Fsp3) is 0.591. The van der Waals surface area contributed by atoms with E-state index in [2.05, 4.69) is 0 Å². The molecular weight excluding hydrogens is 390 g/mol. The monoisotopic (exact) mass is 421 g/mol. The Balaban J connectivity index is 1.89. The van der Waals surface area contributed by atoms with Crippen molar-refractivity contribution in [3.05, 3.63) is 35.9 Å². The maximum Gasteiger partial charge on any atom is 0.516 e. The molecule has 1 aromatic carbocycles. The Bertz CT molecular complexity index is 729. The van der Waals surface area contributed by atoms with Gasteiger partial charge in [-0.05, 0) is 45.6 Å². The minimum absolute atomic E-state index is 0.180. The molecule has 2 N–H and O–H groups in total. The van der Waals surface area contributed by atoms with Crippen LogP contribution in [-0.2, 0) is 35.1 Å². The van der Waals surface area contributed by atoms with Gasteiger partial charge >= 0.3 is 18.1 Å². The van der Waals surface area contributed by atoms with Crippen LogP contribution in [0, 0.1) is 17.8 Å². The maximum atomic E-state index is 12.3. The van der Waals surface area contributed by atoms with Gasteiger partial charge in [0.25, 0.3) is 0 Å². The van der Waals surface area contributed by atoms with Gasteiger partial charge in [-0.15, -0.1) is 0 Å². The molecule has 4 atom stereocenters. The third kappa shape index (κ3) is 7.11. The highest BCUT2D eigenvalue weighted by Crippen LogP contribution is 2.51. The summed E-state index contributed by atoms with van der Waals surface area (Å²) in [6.07, 6.45) is -0.576. The van der Waals surface area contributed by atoms with Gasteiger partial charge in [0, 0.05) is 12.5 Å². The highest BCUT2D eigenvalue weighted by atomic mass is 16.7. The molecule has 8 nitrogen and oxygen atoms in total. The van der Waals surface area contributed by atoms with Crippen molar-refractivity contribution in [2.45, 2.75) is 52.4 Å². The lowest BCUT2D eigenvalue weighted by molar-refractivity contribution is -0.146. The van der Waals surface area contributed by atoms with E-state index in [1.165, 1.54) is 0 Å². The number of carbonyl (C=O) groups is 3. The molecule has 0 radical (unpaired) electrons. The SMILES string of the molecule is CCOC(=O)C1C(CCOCc2ccccc2)C1C(N)C(=O)OC(=O)OC(C)(C)C. The van der Waals surface area contributed by atoms with E-state index in [0.717, 1.165) is 5.56 Å². The van der Waals surface area contributed by atoms with Crippen molar-refractivity contribution in [2.75, 3.05) is 13.2 Å². The first-order valence-electron chi connectivity index (χ1n) is 10.1. The Hall–Kier alpha value is -2.45. The van der Waals surface area contributed by atoms with Crippen LogP contribution in [0.5, 0.6) is 0 Å². The largest absolute Gasteiger partial charge is 0.516 e. The zero-order valence-electron chi connectivity index (χ0n) is 18.0. The number of carbonyl (C=O) groups excluding carboxylic acids is 3. The zero-order chi connectivity index (χ0) is 22.3. The summed E-state index contributed by atoms with van der Waals surface area (Å²) in [6, 6.07) is 8.59. The van der Waals surface area contributed by atoms with E-state index in [-0.39, 0.29) is 12.5 Å². The molecule has 2 rings (SSSR count). The molecule has 1 saturated carbocycles. The van der Waals surface area contributed by atoms with Gasteiger partial charge < -0.3 is 24.7 Å². The van der Waals surface area contributed by atoms with E-state index in [9.17, 15) is 14.4 Å². The first-order chi connectivity index (χ1) is 14.1. The van der Waals surface area contributed by atoms with Gasteiger partial charge in [-0.3, -0.25) is 4.79 Å². The quantitative estimate of drug-likeness (QED) is 0.368. The van der Waals surface area contributed by atoms with Crippen LogP contribution >= 0.6 is 0 Å². The van der Waals surface area contributed by atoms with Gasteiger partial charge in [-0.2, -0.15) is 0 Å². The predicted molar refractivity (Wildman–Crippen MR) is 108 cm³/mol. The van der Waals surface area contributed by atoms with E-state index in [1.54, 1.807) is 27.7 Å². The molecule has 0 aliphatic heterocycles. The normalized spacial score (nSPS) is 21.4. The van der Waals surface area contributed by atoms with Crippen LogP contribution in [0.25, 0.3) is 0 Å². The molecule has 1 aliphatic rings. The van der Waals surface area contributed by atoms with Gasteiger partial charge in [0.05, 0.1) is 19.1 Å². The van der Waals surface area contributed by atoms with E-state index in [0.29, 0.717) is 19.6 Å². The summed E-state index contributed by atoms with van der Waals surface area (Å²) in [4.78, 5) is 36.3. The lowest BCUT2D eigenvalue weighted by Gasteiger charge is -2.19. The molecule has 1 aromatic rings. The van der Waals surface area contributed by atoms with Crippen molar-refractivity contribution >= 4 is 18.1 Å². The van der Waals surface area contributed by atoms with Gasteiger partial charge in [0.15, 0.2) is 0 Å². The Kier molecular flexibility index (Phi) is 8.37. The molecule has 0 heterocycles. The van der Waals surface area contributed by atoms with Gasteiger partial charge in [0.1, 0.15) is 11.6 Å². The minimum atomic E-state index is -1.13. The van der Waals surface area contributed by atoms with Gasteiger partial charge in [-0.25, -0.2) is 9.59 Å². The standard InChI is InChI=1S/C22H31NO7/c1-5-28-19(24)17-15(11-12-27-13-14-9-7-6-8-10-14)16(17)18(23)20(25)29-21(26)30-22(2,3)4/h6-10,15-18H,5,11-13,23H2,1-4H3. The molecule has 0 amide bonds. The highest BCUT2D eigenvalue weighted by molar-refractivity contribution is 5.88. The Morgan fingerprint density at radius 2 is 1.80 bits per heavy atom. The second kappa shape index (κ2) is 10.5. The van der Waals surface area contributed by atoms with Crippen LogP contribution in [-0.4, -0.2) is 43.0 Å². The summed E-state index contributed by atoms with van der Waals surface area (Å²) >= 11 is 0. The first kappa shape index (κ1) is 23.8. The number of nitrogens with two attached hydrogens (primary N) is 1. The van der Waals surface area contributed by atoms with E-state index >= 15 is 0 Å². The Labute approximate surface area is 177 Å². The molecule has 0 saturated heterocycles. The molecule has 1 aliphatic carbocycles. The van der Waals surface area contributed by atoms with Crippen LogP contribution in [0.15, 0.2) is 30.3 Å². The average molecular weight is 421 g/mol. The molecule has 0 bridgehead atoms. The number of hydrogen-bond donors (Lipinski definition) is 1. The zero-order valence-corrected chi connectivity index (χ0v) is 18.0. The van der Waals surface area contributed by atoms with Crippen LogP contribution in [0.2, 0.25) is 0 Å². The Morgan fingerprint density at radius 1 is 1.13 bits per heavy atom. The summed E-state index contributed by atoms with van der Waals surface area (Å²) < 4.78 is 20.5. The average Bonchev–Trinajstić information content (AvgIpc) is 3.38. The number of esters is 2. The summed E-state index contributed by atoms with van der Waals surface area (Å²) in [5.41, 5.74) is 6.26. The molecule has 166 valence electrons. The van der Waals surface area contributed by atoms with Crippen LogP contribution in [0.4, 0.5) is 4.79 Å². The minimum Gasteiger partial charge on any atom is -0.466 e. The van der Waals surface area contributed by atoms with E-state index in [1.807, 2.05) is 30.3 Å². The van der Waals surface area contributed by atoms with Crippen LogP contribution in [0.3, 0.4) is 0 Å². The second-order valence-electron chi connectivity index (χ2n) is 8.26. The fourth-order valence-corrected chi connectivity index (χ4v) is 3.39. The lowest BCUT2D eigenvalue weighted by atomic mass is 10.1.